The molecule has 110 valence electrons. The maximum atomic E-state index is 12.2. The molecule has 0 aliphatic carbocycles. The van der Waals surface area contributed by atoms with Gasteiger partial charge >= 0.3 is 0 Å². The van der Waals surface area contributed by atoms with Gasteiger partial charge in [0.15, 0.2) is 0 Å². The lowest BCUT2D eigenvalue weighted by molar-refractivity contribution is 0.0950. The van der Waals surface area contributed by atoms with Crippen LogP contribution in [0.15, 0.2) is 42.5 Å². The smallest absolute Gasteiger partial charge is 0.252 e. The van der Waals surface area contributed by atoms with Gasteiger partial charge in [0, 0.05) is 15.1 Å². The van der Waals surface area contributed by atoms with Crippen LogP contribution in [-0.4, -0.2) is 5.91 Å². The number of hydrogen-bond donors (Lipinski definition) is 1. The van der Waals surface area contributed by atoms with Crippen molar-refractivity contribution in [2.45, 2.75) is 26.3 Å². The zero-order valence-electron chi connectivity index (χ0n) is 12.0. The average molecular weight is 414 g/mol. The largest absolute Gasteiger partial charge is 0.348 e. The summed E-state index contributed by atoms with van der Waals surface area (Å²) in [5, 5.41) is 3.50. The van der Waals surface area contributed by atoms with Crippen LogP contribution in [0.3, 0.4) is 0 Å². The highest BCUT2D eigenvalue weighted by molar-refractivity contribution is 14.1. The summed E-state index contributed by atoms with van der Waals surface area (Å²) in [7, 11) is 0. The molecule has 0 saturated carbocycles. The Hall–Kier alpha value is -1.07. The Morgan fingerprint density at radius 3 is 2.48 bits per heavy atom. The molecule has 0 unspecified atom stereocenters. The van der Waals surface area contributed by atoms with E-state index in [1.54, 1.807) is 12.1 Å². The molecule has 0 saturated heterocycles. The topological polar surface area (TPSA) is 29.1 Å². The van der Waals surface area contributed by atoms with Gasteiger partial charge in [-0.2, -0.15) is 0 Å². The number of halogens is 2. The molecule has 2 aromatic carbocycles. The van der Waals surface area contributed by atoms with E-state index in [-0.39, 0.29) is 5.91 Å². The Morgan fingerprint density at radius 1 is 1.19 bits per heavy atom. The van der Waals surface area contributed by atoms with Gasteiger partial charge in [-0.25, -0.2) is 0 Å². The molecular weight excluding hydrogens is 397 g/mol. The Balaban J connectivity index is 2.02. The maximum Gasteiger partial charge on any atom is 0.252 e. The molecular formula is C17H17ClINO. The van der Waals surface area contributed by atoms with Crippen LogP contribution in [0, 0.1) is 3.57 Å². The van der Waals surface area contributed by atoms with Gasteiger partial charge < -0.3 is 5.32 Å². The summed E-state index contributed by atoms with van der Waals surface area (Å²) in [6.07, 6.45) is 0. The molecule has 0 radical (unpaired) electrons. The molecule has 2 nitrogen and oxygen atoms in total. The number of amides is 1. The van der Waals surface area contributed by atoms with Crippen molar-refractivity contribution in [3.05, 3.63) is 67.7 Å². The first-order valence-electron chi connectivity index (χ1n) is 6.79. The van der Waals surface area contributed by atoms with Crippen molar-refractivity contribution in [1.82, 2.24) is 5.32 Å². The van der Waals surface area contributed by atoms with Crippen LogP contribution in [0.25, 0.3) is 0 Å². The predicted octanol–water partition coefficient (Wildman–Crippen LogP) is 5.00. The third-order valence-electron chi connectivity index (χ3n) is 3.27. The van der Waals surface area contributed by atoms with Crippen molar-refractivity contribution >= 4 is 40.1 Å². The minimum Gasteiger partial charge on any atom is -0.348 e. The first-order chi connectivity index (χ1) is 9.97. The summed E-state index contributed by atoms with van der Waals surface area (Å²) in [5.41, 5.74) is 3.00. The van der Waals surface area contributed by atoms with Gasteiger partial charge in [0.2, 0.25) is 0 Å². The zero-order valence-corrected chi connectivity index (χ0v) is 14.9. The van der Waals surface area contributed by atoms with Crippen molar-refractivity contribution < 1.29 is 4.79 Å². The first-order valence-corrected chi connectivity index (χ1v) is 8.25. The van der Waals surface area contributed by atoms with Crippen LogP contribution in [0.5, 0.6) is 0 Å². The van der Waals surface area contributed by atoms with Crippen molar-refractivity contribution in [2.24, 2.45) is 0 Å². The number of hydrogen-bond acceptors (Lipinski definition) is 1. The molecule has 0 spiro atoms. The summed E-state index contributed by atoms with van der Waals surface area (Å²) in [4.78, 5) is 12.2. The van der Waals surface area contributed by atoms with Crippen molar-refractivity contribution in [3.63, 3.8) is 0 Å². The fourth-order valence-electron chi connectivity index (χ4n) is 1.97. The van der Waals surface area contributed by atoms with E-state index < -0.39 is 0 Å². The molecule has 0 atom stereocenters. The molecule has 0 heterocycles. The van der Waals surface area contributed by atoms with Gasteiger partial charge in [-0.3, -0.25) is 4.79 Å². The van der Waals surface area contributed by atoms with Gasteiger partial charge in [-0.15, -0.1) is 0 Å². The second-order valence-corrected chi connectivity index (χ2v) is 6.80. The van der Waals surface area contributed by atoms with Gasteiger partial charge in [-0.1, -0.05) is 49.7 Å². The van der Waals surface area contributed by atoms with Gasteiger partial charge in [0.1, 0.15) is 0 Å². The first kappa shape index (κ1) is 16.3. The van der Waals surface area contributed by atoms with Gasteiger partial charge in [0.05, 0.1) is 5.56 Å². The van der Waals surface area contributed by atoms with E-state index in [1.165, 1.54) is 5.56 Å². The van der Waals surface area contributed by atoms with Crippen LogP contribution in [0.1, 0.15) is 41.3 Å². The molecule has 0 fully saturated rings. The maximum absolute atomic E-state index is 12.2. The van der Waals surface area contributed by atoms with Crippen LogP contribution in [0.4, 0.5) is 0 Å². The Bertz CT molecular complexity index is 638. The fraction of sp³-hybridized carbons (Fsp3) is 0.235. The van der Waals surface area contributed by atoms with Gasteiger partial charge in [-0.05, 0) is 57.8 Å². The summed E-state index contributed by atoms with van der Waals surface area (Å²) in [6.45, 7) is 4.84. The lowest BCUT2D eigenvalue weighted by Crippen LogP contribution is -2.23. The summed E-state index contributed by atoms with van der Waals surface area (Å²) in [5.74, 6) is 0.413. The van der Waals surface area contributed by atoms with Crippen molar-refractivity contribution in [1.29, 1.82) is 0 Å². The van der Waals surface area contributed by atoms with E-state index in [2.05, 4.69) is 66.0 Å². The molecule has 0 aromatic heterocycles. The van der Waals surface area contributed by atoms with E-state index in [4.69, 9.17) is 11.6 Å². The molecule has 0 bridgehead atoms. The lowest BCUT2D eigenvalue weighted by Gasteiger charge is -2.09. The lowest BCUT2D eigenvalue weighted by atomic mass is 10.0. The quantitative estimate of drug-likeness (QED) is 0.702. The molecule has 21 heavy (non-hydrogen) atoms. The second-order valence-electron chi connectivity index (χ2n) is 5.20. The van der Waals surface area contributed by atoms with Crippen LogP contribution in [0.2, 0.25) is 5.02 Å². The summed E-state index contributed by atoms with van der Waals surface area (Å²) in [6, 6.07) is 13.6. The standard InChI is InChI=1S/C17H17ClINO/c1-11(2)13-5-3-12(4-6-13)10-20-17(21)15-9-14(18)7-8-16(15)19/h3-9,11H,10H2,1-2H3,(H,20,21). The number of benzene rings is 2. The van der Waals surface area contributed by atoms with Crippen molar-refractivity contribution in [2.75, 3.05) is 0 Å². The van der Waals surface area contributed by atoms with Crippen molar-refractivity contribution in [3.8, 4) is 0 Å². The SMILES string of the molecule is CC(C)c1ccc(CNC(=O)c2cc(Cl)ccc2I)cc1. The highest BCUT2D eigenvalue weighted by Crippen LogP contribution is 2.18. The minimum atomic E-state index is -0.102. The second kappa shape index (κ2) is 7.27. The number of carbonyl (C=O) groups excluding carboxylic acids is 1. The van der Waals surface area contributed by atoms with E-state index in [9.17, 15) is 4.79 Å². The Kier molecular flexibility index (Phi) is 5.65. The van der Waals surface area contributed by atoms with E-state index >= 15 is 0 Å². The highest BCUT2D eigenvalue weighted by atomic mass is 127. The molecule has 0 aliphatic rings. The molecule has 2 rings (SSSR count). The van der Waals surface area contributed by atoms with E-state index in [0.29, 0.717) is 23.0 Å². The molecule has 4 heteroatoms. The molecule has 1 amide bonds. The van der Waals surface area contributed by atoms with E-state index in [0.717, 1.165) is 9.13 Å². The molecule has 1 N–H and O–H groups in total. The minimum absolute atomic E-state index is 0.102. The summed E-state index contributed by atoms with van der Waals surface area (Å²) >= 11 is 8.08. The zero-order chi connectivity index (χ0) is 15.4. The molecule has 0 aliphatic heterocycles. The fourth-order valence-corrected chi connectivity index (χ4v) is 2.72. The number of carbonyl (C=O) groups is 1. The number of nitrogens with one attached hydrogen (secondary N) is 1. The van der Waals surface area contributed by atoms with Crippen LogP contribution < -0.4 is 5.32 Å². The van der Waals surface area contributed by atoms with Crippen LogP contribution >= 0.6 is 34.2 Å². The highest BCUT2D eigenvalue weighted by Gasteiger charge is 2.10. The van der Waals surface area contributed by atoms with E-state index in [1.807, 2.05) is 6.07 Å². The molecule has 2 aromatic rings. The Labute approximate surface area is 144 Å². The Morgan fingerprint density at radius 2 is 1.86 bits per heavy atom. The normalized spacial score (nSPS) is 10.7. The van der Waals surface area contributed by atoms with Gasteiger partial charge in [0.25, 0.3) is 5.91 Å². The number of rotatable bonds is 4. The third-order valence-corrected chi connectivity index (χ3v) is 4.45. The van der Waals surface area contributed by atoms with Crippen LogP contribution in [-0.2, 0) is 6.54 Å². The third kappa shape index (κ3) is 4.45. The summed E-state index contributed by atoms with van der Waals surface area (Å²) < 4.78 is 0.893. The predicted molar refractivity (Wildman–Crippen MR) is 95.9 cm³/mol. The monoisotopic (exact) mass is 413 g/mol. The average Bonchev–Trinajstić information content (AvgIpc) is 2.47.